The molecule has 1 aliphatic rings. The van der Waals surface area contributed by atoms with Crippen molar-refractivity contribution in [3.63, 3.8) is 0 Å². The Balaban J connectivity index is 2.21. The summed E-state index contributed by atoms with van der Waals surface area (Å²) in [4.78, 5) is 10.3. The zero-order valence-corrected chi connectivity index (χ0v) is 10.9. The summed E-state index contributed by atoms with van der Waals surface area (Å²) in [5.74, 6) is -0.176. The third-order valence-electron chi connectivity index (χ3n) is 3.42. The Bertz CT molecular complexity index is 280. The number of carboxylic acid groups (broad SMARTS) is 1. The van der Waals surface area contributed by atoms with E-state index in [2.05, 4.69) is 13.4 Å². The number of rotatable bonds is 8. The van der Waals surface area contributed by atoms with Crippen molar-refractivity contribution in [2.24, 2.45) is 5.92 Å². The van der Waals surface area contributed by atoms with Crippen LogP contribution in [0.3, 0.4) is 0 Å². The zero-order chi connectivity index (χ0) is 13.4. The molecule has 4 nitrogen and oxygen atoms in total. The molecule has 1 radical (unpaired) electrons. The maximum absolute atomic E-state index is 10.3. The van der Waals surface area contributed by atoms with Crippen LogP contribution in [0.1, 0.15) is 25.7 Å². The van der Waals surface area contributed by atoms with Crippen molar-refractivity contribution in [1.29, 1.82) is 0 Å². The number of aliphatic hydroxyl groups is 1. The first-order valence-corrected chi connectivity index (χ1v) is 6.52. The fourth-order valence-corrected chi connectivity index (χ4v) is 2.39. The Morgan fingerprint density at radius 2 is 2.28 bits per heavy atom. The Labute approximate surface area is 109 Å². The minimum absolute atomic E-state index is 0.193. The normalized spacial score (nSPS) is 27.6. The minimum Gasteiger partial charge on any atom is -0.481 e. The first-order valence-electron chi connectivity index (χ1n) is 6.52. The highest BCUT2D eigenvalue weighted by Crippen LogP contribution is 2.34. The molecule has 1 rings (SSSR count). The number of allylic oxidation sites excluding steroid dienone is 2. The molecule has 0 aliphatic carbocycles. The van der Waals surface area contributed by atoms with Gasteiger partial charge in [0, 0.05) is 19.4 Å². The molecule has 0 bridgehead atoms. The second kappa shape index (κ2) is 8.32. The molecule has 0 unspecified atom stereocenters. The van der Waals surface area contributed by atoms with E-state index in [4.69, 9.17) is 9.84 Å². The number of carboxylic acids is 1. The molecular weight excluding hydrogens is 231 g/mol. The van der Waals surface area contributed by atoms with Crippen molar-refractivity contribution in [3.8, 4) is 0 Å². The van der Waals surface area contributed by atoms with Crippen molar-refractivity contribution in [2.45, 2.75) is 43.9 Å². The molecule has 18 heavy (non-hydrogen) atoms. The van der Waals surface area contributed by atoms with Crippen molar-refractivity contribution in [2.75, 3.05) is 13.7 Å². The van der Waals surface area contributed by atoms with E-state index in [0.29, 0.717) is 18.8 Å². The van der Waals surface area contributed by atoms with Gasteiger partial charge in [-0.05, 0) is 19.3 Å². The molecule has 1 saturated heterocycles. The first-order chi connectivity index (χ1) is 8.65. The van der Waals surface area contributed by atoms with Gasteiger partial charge in [-0.1, -0.05) is 24.3 Å². The minimum atomic E-state index is -0.740. The second-order valence-corrected chi connectivity index (χ2v) is 4.81. The lowest BCUT2D eigenvalue weighted by molar-refractivity contribution is -0.137. The standard InChI is InChI=1S/C13H22BO4/c1-18-9-10-11(14-8-12(10)15)6-4-2-3-5-7-13(16)17/h2,4,10-12,15H,3,5-9H2,1H3,(H,16,17)/t10-,11-,12-/m1/s1. The van der Waals surface area contributed by atoms with E-state index in [1.807, 2.05) is 6.08 Å². The van der Waals surface area contributed by atoms with Gasteiger partial charge >= 0.3 is 5.97 Å². The molecule has 5 heteroatoms. The largest absolute Gasteiger partial charge is 0.481 e. The topological polar surface area (TPSA) is 66.8 Å². The summed E-state index contributed by atoms with van der Waals surface area (Å²) in [6.45, 7) is 0.592. The summed E-state index contributed by atoms with van der Waals surface area (Å²) < 4.78 is 5.13. The summed E-state index contributed by atoms with van der Waals surface area (Å²) in [7, 11) is 3.82. The molecule has 1 fully saturated rings. The van der Waals surface area contributed by atoms with Crippen molar-refractivity contribution in [3.05, 3.63) is 12.2 Å². The summed E-state index contributed by atoms with van der Waals surface area (Å²) in [6.07, 6.45) is 7.19. The van der Waals surface area contributed by atoms with Gasteiger partial charge in [-0.25, -0.2) is 0 Å². The van der Waals surface area contributed by atoms with Crippen molar-refractivity contribution < 1.29 is 19.7 Å². The third-order valence-corrected chi connectivity index (χ3v) is 3.42. The van der Waals surface area contributed by atoms with E-state index < -0.39 is 5.97 Å². The van der Waals surface area contributed by atoms with Gasteiger partial charge in [-0.2, -0.15) is 0 Å². The highest BCUT2D eigenvalue weighted by atomic mass is 16.5. The number of aliphatic carboxylic acids is 1. The molecule has 0 aromatic heterocycles. The van der Waals surface area contributed by atoms with Crippen LogP contribution in [0.5, 0.6) is 0 Å². The predicted octanol–water partition coefficient (Wildman–Crippen LogP) is 1.74. The predicted molar refractivity (Wildman–Crippen MR) is 70.9 cm³/mol. The summed E-state index contributed by atoms with van der Waals surface area (Å²) in [6, 6.07) is 0. The molecule has 0 aromatic rings. The molecule has 2 N–H and O–H groups in total. The second-order valence-electron chi connectivity index (χ2n) is 4.81. The van der Waals surface area contributed by atoms with Crippen LogP contribution in [0.15, 0.2) is 12.2 Å². The summed E-state index contributed by atoms with van der Waals surface area (Å²) >= 11 is 0. The van der Waals surface area contributed by atoms with Crippen LogP contribution in [-0.2, 0) is 9.53 Å². The van der Waals surface area contributed by atoms with E-state index in [9.17, 15) is 9.90 Å². The fraction of sp³-hybridized carbons (Fsp3) is 0.769. The van der Waals surface area contributed by atoms with Gasteiger partial charge in [0.1, 0.15) is 7.28 Å². The smallest absolute Gasteiger partial charge is 0.303 e. The maximum Gasteiger partial charge on any atom is 0.303 e. The average Bonchev–Trinajstić information content (AvgIpc) is 2.66. The van der Waals surface area contributed by atoms with E-state index in [-0.39, 0.29) is 18.4 Å². The zero-order valence-electron chi connectivity index (χ0n) is 10.9. The fourth-order valence-electron chi connectivity index (χ4n) is 2.39. The lowest BCUT2D eigenvalue weighted by Gasteiger charge is -2.20. The van der Waals surface area contributed by atoms with Crippen LogP contribution in [-0.4, -0.2) is 43.3 Å². The van der Waals surface area contributed by atoms with Gasteiger partial charge in [0.25, 0.3) is 0 Å². The summed E-state index contributed by atoms with van der Waals surface area (Å²) in [5.41, 5.74) is 0. The van der Waals surface area contributed by atoms with Crippen molar-refractivity contribution in [1.82, 2.24) is 0 Å². The molecule has 0 aromatic carbocycles. The molecule has 0 saturated carbocycles. The number of ether oxygens (including phenoxy) is 1. The van der Waals surface area contributed by atoms with Gasteiger partial charge < -0.3 is 14.9 Å². The lowest BCUT2D eigenvalue weighted by Crippen LogP contribution is -2.21. The van der Waals surface area contributed by atoms with Gasteiger partial charge in [0.15, 0.2) is 0 Å². The number of unbranched alkanes of at least 4 members (excludes halogenated alkanes) is 1. The Kier molecular flexibility index (Phi) is 7.05. The number of hydrogen-bond donors (Lipinski definition) is 2. The van der Waals surface area contributed by atoms with Crippen LogP contribution in [0.4, 0.5) is 0 Å². The Morgan fingerprint density at radius 1 is 1.50 bits per heavy atom. The van der Waals surface area contributed by atoms with Gasteiger partial charge in [-0.3, -0.25) is 4.79 Å². The number of hydrogen-bond acceptors (Lipinski definition) is 3. The van der Waals surface area contributed by atoms with Gasteiger partial charge in [-0.15, -0.1) is 0 Å². The Morgan fingerprint density at radius 3 is 2.94 bits per heavy atom. The molecule has 1 aliphatic heterocycles. The number of methoxy groups -OCH3 is 1. The van der Waals surface area contributed by atoms with E-state index in [1.165, 1.54) is 0 Å². The van der Waals surface area contributed by atoms with E-state index in [0.717, 1.165) is 19.2 Å². The van der Waals surface area contributed by atoms with Crippen LogP contribution in [0.25, 0.3) is 0 Å². The lowest BCUT2D eigenvalue weighted by atomic mass is 9.64. The van der Waals surface area contributed by atoms with Crippen molar-refractivity contribution >= 4 is 13.2 Å². The SMILES string of the molecule is COC[C@H]1[C@H](O)C[B][C@@H]1CC=CCCCC(=O)O. The third kappa shape index (κ3) is 5.23. The van der Waals surface area contributed by atoms with Gasteiger partial charge in [0.2, 0.25) is 0 Å². The number of aliphatic hydroxyl groups excluding tert-OH is 1. The van der Waals surface area contributed by atoms with Crippen LogP contribution < -0.4 is 0 Å². The molecule has 0 spiro atoms. The van der Waals surface area contributed by atoms with Crippen LogP contribution >= 0.6 is 0 Å². The quantitative estimate of drug-likeness (QED) is 0.393. The van der Waals surface area contributed by atoms with Crippen LogP contribution in [0, 0.1) is 5.92 Å². The highest BCUT2D eigenvalue weighted by Gasteiger charge is 2.34. The molecular formula is C13H22BO4. The molecule has 3 atom stereocenters. The molecule has 1 heterocycles. The Hall–Kier alpha value is -0.805. The number of carbonyl (C=O) groups is 1. The first kappa shape index (κ1) is 15.3. The summed E-state index contributed by atoms with van der Waals surface area (Å²) in [5, 5.41) is 18.3. The van der Waals surface area contributed by atoms with Crippen LogP contribution in [0.2, 0.25) is 12.1 Å². The molecule has 0 amide bonds. The highest BCUT2D eigenvalue weighted by molar-refractivity contribution is 6.39. The van der Waals surface area contributed by atoms with E-state index in [1.54, 1.807) is 7.11 Å². The monoisotopic (exact) mass is 253 g/mol. The average molecular weight is 253 g/mol. The maximum atomic E-state index is 10.3. The molecule has 101 valence electrons. The van der Waals surface area contributed by atoms with E-state index >= 15 is 0 Å². The van der Waals surface area contributed by atoms with Gasteiger partial charge in [0.05, 0.1) is 12.7 Å².